The van der Waals surface area contributed by atoms with Crippen LogP contribution < -0.4 is 25.4 Å². The lowest BCUT2D eigenvalue weighted by molar-refractivity contribution is -0.123. The summed E-state index contributed by atoms with van der Waals surface area (Å²) in [5, 5.41) is 17.3. The highest BCUT2D eigenvalue weighted by Crippen LogP contribution is 2.31. The number of benzene rings is 2. The third kappa shape index (κ3) is 8.17. The average molecular weight is 627 g/mol. The number of rotatable bonds is 5. The first kappa shape index (κ1) is 31.9. The van der Waals surface area contributed by atoms with Crippen molar-refractivity contribution < 1.29 is 23.9 Å². The largest absolute Gasteiger partial charge is 0.493 e. The van der Waals surface area contributed by atoms with Crippen LogP contribution in [0.2, 0.25) is 0 Å². The molecule has 0 aliphatic carbocycles. The number of nitrogens with one attached hydrogen (secondary N) is 3. The molecule has 46 heavy (non-hydrogen) atoms. The second-order valence-electron chi connectivity index (χ2n) is 10.7. The van der Waals surface area contributed by atoms with E-state index in [2.05, 4.69) is 31.2 Å². The molecule has 0 saturated carbocycles. The van der Waals surface area contributed by atoms with Gasteiger partial charge >= 0.3 is 0 Å². The molecular weight excluding hydrogens is 588 g/mol. The Morgan fingerprint density at radius 2 is 1.93 bits per heavy atom. The van der Waals surface area contributed by atoms with Crippen LogP contribution >= 0.6 is 0 Å². The second-order valence-corrected chi connectivity index (χ2v) is 10.7. The van der Waals surface area contributed by atoms with E-state index in [9.17, 15) is 14.4 Å². The van der Waals surface area contributed by atoms with Gasteiger partial charge in [0.25, 0.3) is 11.8 Å². The van der Waals surface area contributed by atoms with Gasteiger partial charge in [-0.3, -0.25) is 19.1 Å². The van der Waals surface area contributed by atoms with E-state index in [1.807, 2.05) is 36.5 Å². The van der Waals surface area contributed by atoms with Crippen LogP contribution in [0.5, 0.6) is 11.5 Å². The van der Waals surface area contributed by atoms with Gasteiger partial charge in [0.05, 0.1) is 25.0 Å². The van der Waals surface area contributed by atoms with Crippen LogP contribution in [0.3, 0.4) is 0 Å². The van der Waals surface area contributed by atoms with Crippen molar-refractivity contribution in [1.29, 1.82) is 0 Å². The predicted molar refractivity (Wildman–Crippen MR) is 171 cm³/mol. The van der Waals surface area contributed by atoms with Gasteiger partial charge < -0.3 is 30.3 Å². The quantitative estimate of drug-likeness (QED) is 0.303. The number of aromatic nitrogens is 4. The van der Waals surface area contributed by atoms with Gasteiger partial charge in [0.2, 0.25) is 5.91 Å². The Hall–Kier alpha value is -5.46. The molecular formula is C33H38N8O5. The standard InChI is InChI=1S/C33H38N8O5/c1-34-29-21-24(12-14-35-29)33(44)40-17-13-25-22-41(39-38-25)16-7-19-46-30-26(10-6-11-28(30)45-2)31(42)37-27(32(43)36-15-18-40)20-23-8-4-3-5-9-23/h3-6,8-12,14,21-22,27H,7,13,15-20H2,1-2H3,(H,34,35)(H,36,43)(H,37,42)/t27-/m0/s1. The van der Waals surface area contributed by atoms with Crippen molar-refractivity contribution >= 4 is 23.5 Å². The van der Waals surface area contributed by atoms with E-state index in [-0.39, 0.29) is 43.5 Å². The summed E-state index contributed by atoms with van der Waals surface area (Å²) in [6.07, 6.45) is 4.74. The number of ether oxygens (including phenoxy) is 2. The van der Waals surface area contributed by atoms with Crippen LogP contribution in [0.25, 0.3) is 0 Å². The van der Waals surface area contributed by atoms with Gasteiger partial charge in [-0.05, 0) is 29.8 Å². The number of hydrogen-bond acceptors (Lipinski definition) is 9. The Morgan fingerprint density at radius 1 is 1.09 bits per heavy atom. The lowest BCUT2D eigenvalue weighted by Gasteiger charge is -2.24. The van der Waals surface area contributed by atoms with Crippen molar-refractivity contribution in [2.45, 2.75) is 31.8 Å². The molecule has 2 aromatic carbocycles. The molecule has 0 spiro atoms. The predicted octanol–water partition coefficient (Wildman–Crippen LogP) is 2.35. The van der Waals surface area contributed by atoms with Crippen molar-refractivity contribution in [2.24, 2.45) is 0 Å². The van der Waals surface area contributed by atoms with Crippen molar-refractivity contribution in [3.8, 4) is 11.5 Å². The Bertz CT molecular complexity index is 1640. The van der Waals surface area contributed by atoms with Crippen LogP contribution in [-0.2, 0) is 24.2 Å². The maximum atomic E-state index is 13.7. The molecule has 2 bridgehead atoms. The fourth-order valence-electron chi connectivity index (χ4n) is 5.15. The summed E-state index contributed by atoms with van der Waals surface area (Å²) < 4.78 is 13.3. The number of methoxy groups -OCH3 is 1. The maximum Gasteiger partial charge on any atom is 0.255 e. The fourth-order valence-corrected chi connectivity index (χ4v) is 5.15. The number of aryl methyl sites for hydroxylation is 1. The average Bonchev–Trinajstić information content (AvgIpc) is 3.55. The van der Waals surface area contributed by atoms with Gasteiger partial charge in [-0.2, -0.15) is 0 Å². The summed E-state index contributed by atoms with van der Waals surface area (Å²) >= 11 is 0. The van der Waals surface area contributed by atoms with E-state index in [1.165, 1.54) is 7.11 Å². The molecule has 0 unspecified atom stereocenters. The second kappa shape index (κ2) is 15.5. The first-order valence-corrected chi connectivity index (χ1v) is 15.2. The number of carbonyl (C=O) groups is 3. The Morgan fingerprint density at radius 3 is 2.74 bits per heavy atom. The zero-order valence-electron chi connectivity index (χ0n) is 25.9. The topological polar surface area (TPSA) is 153 Å². The van der Waals surface area contributed by atoms with E-state index in [4.69, 9.17) is 9.47 Å². The highest BCUT2D eigenvalue weighted by molar-refractivity contribution is 6.00. The molecule has 5 rings (SSSR count). The number of pyridine rings is 1. The van der Waals surface area contributed by atoms with Gasteiger partial charge in [0.15, 0.2) is 11.5 Å². The zero-order chi connectivity index (χ0) is 32.3. The number of nitrogens with zero attached hydrogens (tertiary/aromatic N) is 5. The molecule has 240 valence electrons. The van der Waals surface area contributed by atoms with E-state index in [0.717, 1.165) is 11.3 Å². The summed E-state index contributed by atoms with van der Waals surface area (Å²) in [5.41, 5.74) is 2.33. The zero-order valence-corrected chi connectivity index (χ0v) is 25.9. The van der Waals surface area contributed by atoms with Crippen molar-refractivity contribution in [2.75, 3.05) is 45.7 Å². The maximum absolute atomic E-state index is 13.7. The molecule has 3 heterocycles. The van der Waals surface area contributed by atoms with Crippen LogP contribution in [0, 0.1) is 0 Å². The number of anilines is 1. The molecule has 1 aliphatic rings. The van der Waals surface area contributed by atoms with Gasteiger partial charge in [-0.15, -0.1) is 5.10 Å². The molecule has 1 aliphatic heterocycles. The molecule has 0 radical (unpaired) electrons. The van der Waals surface area contributed by atoms with E-state index in [0.29, 0.717) is 48.8 Å². The van der Waals surface area contributed by atoms with Gasteiger partial charge in [-0.1, -0.05) is 41.6 Å². The van der Waals surface area contributed by atoms with Crippen LogP contribution in [-0.4, -0.2) is 89.0 Å². The minimum Gasteiger partial charge on any atom is -0.493 e. The van der Waals surface area contributed by atoms with E-state index in [1.54, 1.807) is 53.2 Å². The Balaban J connectivity index is 1.42. The molecule has 3 N–H and O–H groups in total. The highest BCUT2D eigenvalue weighted by atomic mass is 16.5. The molecule has 2 aromatic heterocycles. The first-order valence-electron chi connectivity index (χ1n) is 15.2. The van der Waals surface area contributed by atoms with E-state index >= 15 is 0 Å². The number of hydrogen-bond donors (Lipinski definition) is 3. The smallest absolute Gasteiger partial charge is 0.255 e. The normalized spacial score (nSPS) is 16.4. The Labute approximate surface area is 267 Å². The molecule has 13 nitrogen and oxygen atoms in total. The van der Waals surface area contributed by atoms with Crippen LogP contribution in [0.4, 0.5) is 5.82 Å². The first-order chi connectivity index (χ1) is 22.4. The van der Waals surface area contributed by atoms with Crippen molar-refractivity contribution in [3.63, 3.8) is 0 Å². The fraction of sp³-hybridized carbons (Fsp3) is 0.333. The summed E-state index contributed by atoms with van der Waals surface area (Å²) in [4.78, 5) is 46.8. The van der Waals surface area contributed by atoms with Crippen LogP contribution in [0.15, 0.2) is 73.1 Å². The third-order valence-corrected chi connectivity index (χ3v) is 7.58. The minimum absolute atomic E-state index is 0.163. The lowest BCUT2D eigenvalue weighted by Crippen LogP contribution is -2.50. The van der Waals surface area contributed by atoms with Crippen molar-refractivity contribution in [1.82, 2.24) is 35.5 Å². The minimum atomic E-state index is -0.896. The molecule has 0 fully saturated rings. The summed E-state index contributed by atoms with van der Waals surface area (Å²) in [7, 11) is 3.25. The molecule has 13 heteroatoms. The lowest BCUT2D eigenvalue weighted by atomic mass is 10.0. The number of carbonyl (C=O) groups excluding carboxylic acids is 3. The highest BCUT2D eigenvalue weighted by Gasteiger charge is 2.26. The number of para-hydroxylation sites is 1. The Kier molecular flexibility index (Phi) is 10.8. The SMILES string of the molecule is CNc1cc(C(=O)N2CCNC(=O)[C@H](Cc3ccccc3)NC(=O)c3cccc(OC)c3OCCCn3cc(nn3)CC2)ccn1. The third-order valence-electron chi connectivity index (χ3n) is 7.58. The number of amides is 3. The monoisotopic (exact) mass is 626 g/mol. The molecule has 0 saturated heterocycles. The molecule has 4 aromatic rings. The number of fused-ring (bicyclic) bond motifs is 3. The molecule has 1 atom stereocenters. The van der Waals surface area contributed by atoms with Crippen molar-refractivity contribution in [3.05, 3.63) is 95.4 Å². The van der Waals surface area contributed by atoms with E-state index < -0.39 is 11.9 Å². The van der Waals surface area contributed by atoms with Gasteiger partial charge in [0, 0.05) is 70.4 Å². The van der Waals surface area contributed by atoms with Gasteiger partial charge in [-0.25, -0.2) is 4.98 Å². The summed E-state index contributed by atoms with van der Waals surface area (Å²) in [5.74, 6) is 0.220. The summed E-state index contributed by atoms with van der Waals surface area (Å²) in [6.45, 7) is 1.57. The van der Waals surface area contributed by atoms with Crippen LogP contribution in [0.1, 0.15) is 38.4 Å². The summed E-state index contributed by atoms with van der Waals surface area (Å²) in [6, 6.07) is 17.0. The molecule has 3 amide bonds. The van der Waals surface area contributed by atoms with Gasteiger partial charge in [0.1, 0.15) is 11.9 Å².